The van der Waals surface area contributed by atoms with Gasteiger partial charge in [-0.05, 0) is 50.3 Å². The SMILES string of the molecule is NC(Cc1ccccc1)CC1CCNCC1. The number of benzene rings is 1. The van der Waals surface area contributed by atoms with Crippen LogP contribution in [0, 0.1) is 5.92 Å². The lowest BCUT2D eigenvalue weighted by Crippen LogP contribution is -2.33. The smallest absolute Gasteiger partial charge is 0.00819 e. The Morgan fingerprint density at radius 1 is 1.19 bits per heavy atom. The molecule has 0 saturated carbocycles. The zero-order chi connectivity index (χ0) is 11.2. The van der Waals surface area contributed by atoms with E-state index in [1.807, 2.05) is 0 Å². The zero-order valence-electron chi connectivity index (χ0n) is 9.86. The van der Waals surface area contributed by atoms with Gasteiger partial charge in [0.25, 0.3) is 0 Å². The molecule has 1 fully saturated rings. The van der Waals surface area contributed by atoms with Gasteiger partial charge in [0.2, 0.25) is 0 Å². The standard InChI is InChI=1S/C14H22N2/c15-14(10-12-4-2-1-3-5-12)11-13-6-8-16-9-7-13/h1-5,13-14,16H,6-11,15H2. The Hall–Kier alpha value is -0.860. The molecule has 0 aromatic heterocycles. The summed E-state index contributed by atoms with van der Waals surface area (Å²) in [4.78, 5) is 0. The number of nitrogens with one attached hydrogen (secondary N) is 1. The van der Waals surface area contributed by atoms with Gasteiger partial charge < -0.3 is 11.1 Å². The van der Waals surface area contributed by atoms with E-state index >= 15 is 0 Å². The molecule has 16 heavy (non-hydrogen) atoms. The van der Waals surface area contributed by atoms with E-state index in [2.05, 4.69) is 35.6 Å². The first kappa shape index (κ1) is 11.6. The van der Waals surface area contributed by atoms with Crippen LogP contribution in [0.4, 0.5) is 0 Å². The first-order valence-corrected chi connectivity index (χ1v) is 6.35. The molecule has 2 rings (SSSR count). The van der Waals surface area contributed by atoms with Crippen LogP contribution >= 0.6 is 0 Å². The van der Waals surface area contributed by atoms with Crippen LogP contribution in [0.1, 0.15) is 24.8 Å². The minimum absolute atomic E-state index is 0.325. The third-order valence-electron chi connectivity index (χ3n) is 3.44. The van der Waals surface area contributed by atoms with Gasteiger partial charge in [0.05, 0.1) is 0 Å². The highest BCUT2D eigenvalue weighted by molar-refractivity contribution is 5.15. The van der Waals surface area contributed by atoms with Gasteiger partial charge in [0, 0.05) is 6.04 Å². The highest BCUT2D eigenvalue weighted by Gasteiger charge is 2.16. The quantitative estimate of drug-likeness (QED) is 0.810. The summed E-state index contributed by atoms with van der Waals surface area (Å²) in [5.74, 6) is 0.833. The fourth-order valence-corrected chi connectivity index (χ4v) is 2.55. The molecule has 1 aliphatic heterocycles. The maximum Gasteiger partial charge on any atom is 0.00819 e. The molecule has 0 radical (unpaired) electrons. The second kappa shape index (κ2) is 6.02. The fourth-order valence-electron chi connectivity index (χ4n) is 2.55. The molecule has 0 spiro atoms. The zero-order valence-corrected chi connectivity index (χ0v) is 9.86. The maximum atomic E-state index is 6.22. The van der Waals surface area contributed by atoms with Crippen molar-refractivity contribution in [2.45, 2.75) is 31.7 Å². The Morgan fingerprint density at radius 3 is 2.56 bits per heavy atom. The van der Waals surface area contributed by atoms with E-state index in [1.54, 1.807) is 0 Å². The Labute approximate surface area is 98.2 Å². The van der Waals surface area contributed by atoms with Crippen LogP contribution in [0.25, 0.3) is 0 Å². The number of piperidine rings is 1. The van der Waals surface area contributed by atoms with Gasteiger partial charge >= 0.3 is 0 Å². The van der Waals surface area contributed by atoms with E-state index < -0.39 is 0 Å². The summed E-state index contributed by atoms with van der Waals surface area (Å²) in [5, 5.41) is 3.40. The molecular weight excluding hydrogens is 196 g/mol. The van der Waals surface area contributed by atoms with Crippen molar-refractivity contribution in [2.75, 3.05) is 13.1 Å². The fraction of sp³-hybridized carbons (Fsp3) is 0.571. The van der Waals surface area contributed by atoms with Crippen LogP contribution < -0.4 is 11.1 Å². The molecule has 1 unspecified atom stereocenters. The van der Waals surface area contributed by atoms with Gasteiger partial charge in [-0.2, -0.15) is 0 Å². The summed E-state index contributed by atoms with van der Waals surface area (Å²) in [6, 6.07) is 10.9. The van der Waals surface area contributed by atoms with Crippen molar-refractivity contribution in [2.24, 2.45) is 11.7 Å². The molecule has 2 heteroatoms. The summed E-state index contributed by atoms with van der Waals surface area (Å²) >= 11 is 0. The first-order valence-electron chi connectivity index (χ1n) is 6.35. The van der Waals surface area contributed by atoms with Crippen LogP contribution in [-0.4, -0.2) is 19.1 Å². The largest absolute Gasteiger partial charge is 0.327 e. The Kier molecular flexibility index (Phi) is 4.37. The Bertz CT molecular complexity index is 291. The minimum atomic E-state index is 0.325. The molecular formula is C14H22N2. The van der Waals surface area contributed by atoms with Crippen LogP contribution in [0.5, 0.6) is 0 Å². The van der Waals surface area contributed by atoms with E-state index in [0.717, 1.165) is 12.3 Å². The summed E-state index contributed by atoms with van der Waals surface area (Å²) in [7, 11) is 0. The number of nitrogens with two attached hydrogens (primary N) is 1. The number of hydrogen-bond donors (Lipinski definition) is 2. The van der Waals surface area contributed by atoms with Crippen LogP contribution in [0.2, 0.25) is 0 Å². The molecule has 0 bridgehead atoms. The molecule has 1 saturated heterocycles. The highest BCUT2D eigenvalue weighted by atomic mass is 14.9. The number of rotatable bonds is 4. The van der Waals surface area contributed by atoms with Crippen molar-refractivity contribution in [3.63, 3.8) is 0 Å². The van der Waals surface area contributed by atoms with Gasteiger partial charge in [-0.25, -0.2) is 0 Å². The molecule has 3 N–H and O–H groups in total. The van der Waals surface area contributed by atoms with Crippen molar-refractivity contribution < 1.29 is 0 Å². The Balaban J connectivity index is 1.77. The molecule has 2 nitrogen and oxygen atoms in total. The van der Waals surface area contributed by atoms with Crippen molar-refractivity contribution >= 4 is 0 Å². The van der Waals surface area contributed by atoms with Crippen LogP contribution in [0.15, 0.2) is 30.3 Å². The lowest BCUT2D eigenvalue weighted by atomic mass is 9.89. The van der Waals surface area contributed by atoms with Gasteiger partial charge in [0.15, 0.2) is 0 Å². The molecule has 0 aliphatic carbocycles. The lowest BCUT2D eigenvalue weighted by Gasteiger charge is -2.25. The van der Waals surface area contributed by atoms with Crippen LogP contribution in [-0.2, 0) is 6.42 Å². The van der Waals surface area contributed by atoms with E-state index in [4.69, 9.17) is 5.73 Å². The predicted octanol–water partition coefficient (Wildman–Crippen LogP) is 1.95. The molecule has 1 aromatic carbocycles. The van der Waals surface area contributed by atoms with E-state index in [1.165, 1.54) is 37.9 Å². The monoisotopic (exact) mass is 218 g/mol. The third-order valence-corrected chi connectivity index (χ3v) is 3.44. The predicted molar refractivity (Wildman–Crippen MR) is 68.3 cm³/mol. The molecule has 1 atom stereocenters. The molecule has 1 aromatic rings. The molecule has 0 amide bonds. The average Bonchev–Trinajstić information content (AvgIpc) is 2.31. The summed E-state index contributed by atoms with van der Waals surface area (Å²) in [5.41, 5.74) is 7.58. The molecule has 88 valence electrons. The highest BCUT2D eigenvalue weighted by Crippen LogP contribution is 2.18. The summed E-state index contributed by atoms with van der Waals surface area (Å²) in [6.07, 6.45) is 4.78. The minimum Gasteiger partial charge on any atom is -0.327 e. The van der Waals surface area contributed by atoms with E-state index in [-0.39, 0.29) is 0 Å². The molecule has 1 heterocycles. The van der Waals surface area contributed by atoms with Crippen molar-refractivity contribution in [3.05, 3.63) is 35.9 Å². The first-order chi connectivity index (χ1) is 7.84. The van der Waals surface area contributed by atoms with Gasteiger partial charge in [-0.15, -0.1) is 0 Å². The topological polar surface area (TPSA) is 38.0 Å². The van der Waals surface area contributed by atoms with E-state index in [9.17, 15) is 0 Å². The van der Waals surface area contributed by atoms with Crippen molar-refractivity contribution in [3.8, 4) is 0 Å². The Morgan fingerprint density at radius 2 is 1.88 bits per heavy atom. The third kappa shape index (κ3) is 3.62. The van der Waals surface area contributed by atoms with Crippen molar-refractivity contribution in [1.29, 1.82) is 0 Å². The van der Waals surface area contributed by atoms with E-state index in [0.29, 0.717) is 6.04 Å². The van der Waals surface area contributed by atoms with Gasteiger partial charge in [-0.1, -0.05) is 30.3 Å². The normalized spacial score (nSPS) is 19.6. The van der Waals surface area contributed by atoms with Crippen LogP contribution in [0.3, 0.4) is 0 Å². The maximum absolute atomic E-state index is 6.22. The second-order valence-corrected chi connectivity index (χ2v) is 4.88. The average molecular weight is 218 g/mol. The van der Waals surface area contributed by atoms with Gasteiger partial charge in [0.1, 0.15) is 0 Å². The van der Waals surface area contributed by atoms with Gasteiger partial charge in [-0.3, -0.25) is 0 Å². The number of hydrogen-bond acceptors (Lipinski definition) is 2. The second-order valence-electron chi connectivity index (χ2n) is 4.88. The lowest BCUT2D eigenvalue weighted by molar-refractivity contribution is 0.330. The molecule has 1 aliphatic rings. The summed E-state index contributed by atoms with van der Waals surface area (Å²) < 4.78 is 0. The summed E-state index contributed by atoms with van der Waals surface area (Å²) in [6.45, 7) is 2.34. The van der Waals surface area contributed by atoms with Crippen molar-refractivity contribution in [1.82, 2.24) is 5.32 Å².